The number of aromatic nitrogens is 2. The molecule has 1 aromatic heterocycles. The van der Waals surface area contributed by atoms with Gasteiger partial charge in [-0.25, -0.2) is 9.37 Å². The van der Waals surface area contributed by atoms with Crippen molar-refractivity contribution in [1.82, 2.24) is 9.55 Å². The van der Waals surface area contributed by atoms with Crippen molar-refractivity contribution in [3.63, 3.8) is 0 Å². The molecule has 0 N–H and O–H groups in total. The zero-order valence-electron chi connectivity index (χ0n) is 11.9. The van der Waals surface area contributed by atoms with Gasteiger partial charge < -0.3 is 4.57 Å². The zero-order valence-corrected chi connectivity index (χ0v) is 12.7. The molecule has 0 amide bonds. The van der Waals surface area contributed by atoms with Crippen molar-refractivity contribution in [3.8, 4) is 0 Å². The molecule has 0 fully saturated rings. The first-order valence-corrected chi connectivity index (χ1v) is 7.38. The molecule has 21 heavy (non-hydrogen) atoms. The van der Waals surface area contributed by atoms with Crippen LogP contribution in [0.3, 0.4) is 0 Å². The van der Waals surface area contributed by atoms with Crippen molar-refractivity contribution in [2.45, 2.75) is 25.3 Å². The second kappa shape index (κ2) is 5.49. The summed E-state index contributed by atoms with van der Waals surface area (Å²) in [4.78, 5) is 4.47. The lowest BCUT2D eigenvalue weighted by atomic mass is 10.1. The Hall–Kier alpha value is -1.87. The van der Waals surface area contributed by atoms with Crippen LogP contribution in [-0.2, 0) is 0 Å². The van der Waals surface area contributed by atoms with E-state index >= 15 is 0 Å². The van der Waals surface area contributed by atoms with Crippen molar-refractivity contribution >= 4 is 22.6 Å². The molecule has 0 spiro atoms. The van der Waals surface area contributed by atoms with E-state index in [2.05, 4.69) is 4.98 Å². The van der Waals surface area contributed by atoms with Gasteiger partial charge in [0.2, 0.25) is 0 Å². The summed E-state index contributed by atoms with van der Waals surface area (Å²) in [5.74, 6) is 0.364. The number of nitrogens with zero attached hydrogens (tertiary/aromatic N) is 2. The third-order valence-corrected chi connectivity index (χ3v) is 3.98. The van der Waals surface area contributed by atoms with Gasteiger partial charge in [0.15, 0.2) is 5.82 Å². The molecule has 2 aromatic carbocycles. The summed E-state index contributed by atoms with van der Waals surface area (Å²) in [5, 5.41) is -0.402. The predicted octanol–water partition coefficient (Wildman–Crippen LogP) is 5.08. The van der Waals surface area contributed by atoms with Gasteiger partial charge in [-0.3, -0.25) is 0 Å². The quantitative estimate of drug-likeness (QED) is 0.617. The maximum absolute atomic E-state index is 14.0. The van der Waals surface area contributed by atoms with E-state index < -0.39 is 5.38 Å². The lowest BCUT2D eigenvalue weighted by molar-refractivity contribution is 0.588. The average Bonchev–Trinajstić information content (AvgIpc) is 2.88. The second-order valence-corrected chi connectivity index (χ2v) is 5.75. The van der Waals surface area contributed by atoms with Crippen molar-refractivity contribution in [2.75, 3.05) is 0 Å². The van der Waals surface area contributed by atoms with E-state index in [0.717, 1.165) is 11.1 Å². The van der Waals surface area contributed by atoms with Crippen LogP contribution in [0.1, 0.15) is 36.7 Å². The molecule has 1 atom stereocenters. The topological polar surface area (TPSA) is 17.8 Å². The van der Waals surface area contributed by atoms with Crippen molar-refractivity contribution in [1.29, 1.82) is 0 Å². The van der Waals surface area contributed by atoms with Crippen LogP contribution in [0.15, 0.2) is 48.5 Å². The smallest absolute Gasteiger partial charge is 0.151 e. The lowest BCUT2D eigenvalue weighted by Crippen LogP contribution is -2.09. The van der Waals surface area contributed by atoms with Crippen LogP contribution in [0.2, 0.25) is 0 Å². The minimum atomic E-state index is -0.402. The molecule has 0 bridgehead atoms. The first kappa shape index (κ1) is 14.1. The van der Waals surface area contributed by atoms with Crippen LogP contribution in [0.5, 0.6) is 0 Å². The SMILES string of the molecule is CC(C)n1c(C(Cl)c2ccccc2)nc2c(F)cccc21. The maximum Gasteiger partial charge on any atom is 0.151 e. The Balaban J connectivity index is 2.22. The number of halogens is 2. The largest absolute Gasteiger partial charge is 0.324 e. The van der Waals surface area contributed by atoms with Gasteiger partial charge in [0.25, 0.3) is 0 Å². The Morgan fingerprint density at radius 1 is 1.05 bits per heavy atom. The number of fused-ring (bicyclic) bond motifs is 1. The Morgan fingerprint density at radius 3 is 2.43 bits per heavy atom. The maximum atomic E-state index is 14.0. The van der Waals surface area contributed by atoms with Crippen molar-refractivity contribution < 1.29 is 4.39 Å². The fourth-order valence-electron chi connectivity index (χ4n) is 2.59. The van der Waals surface area contributed by atoms with Gasteiger partial charge in [0, 0.05) is 6.04 Å². The summed E-state index contributed by atoms with van der Waals surface area (Å²) < 4.78 is 16.0. The summed E-state index contributed by atoms with van der Waals surface area (Å²) in [7, 11) is 0. The molecule has 2 nitrogen and oxygen atoms in total. The van der Waals surface area contributed by atoms with E-state index in [9.17, 15) is 4.39 Å². The van der Waals surface area contributed by atoms with E-state index in [0.29, 0.717) is 11.3 Å². The van der Waals surface area contributed by atoms with E-state index in [4.69, 9.17) is 11.6 Å². The molecule has 0 saturated carbocycles. The van der Waals surface area contributed by atoms with Crippen molar-refractivity contribution in [3.05, 3.63) is 65.7 Å². The van der Waals surface area contributed by atoms with Crippen LogP contribution in [0, 0.1) is 5.82 Å². The van der Waals surface area contributed by atoms with Crippen LogP contribution in [0.25, 0.3) is 11.0 Å². The third-order valence-electron chi connectivity index (χ3n) is 3.53. The van der Waals surface area contributed by atoms with Gasteiger partial charge in [-0.05, 0) is 31.5 Å². The number of imidazole rings is 1. The van der Waals surface area contributed by atoms with E-state index in [1.54, 1.807) is 6.07 Å². The van der Waals surface area contributed by atoms with Crippen molar-refractivity contribution in [2.24, 2.45) is 0 Å². The molecule has 108 valence electrons. The van der Waals surface area contributed by atoms with E-state index in [1.807, 2.05) is 54.8 Å². The van der Waals surface area contributed by atoms with Crippen LogP contribution in [-0.4, -0.2) is 9.55 Å². The van der Waals surface area contributed by atoms with Gasteiger partial charge in [-0.15, -0.1) is 11.6 Å². The summed E-state index contributed by atoms with van der Waals surface area (Å²) in [6.07, 6.45) is 0. The monoisotopic (exact) mass is 302 g/mol. The molecule has 1 heterocycles. The third kappa shape index (κ3) is 2.42. The highest BCUT2D eigenvalue weighted by Gasteiger charge is 2.22. The summed E-state index contributed by atoms with van der Waals surface area (Å²) in [6.45, 7) is 4.09. The number of rotatable bonds is 3. The number of hydrogen-bond donors (Lipinski definition) is 0. The Bertz CT molecular complexity index is 765. The second-order valence-electron chi connectivity index (χ2n) is 5.31. The Kier molecular flexibility index (Phi) is 3.68. The molecule has 3 aromatic rings. The molecule has 0 aliphatic heterocycles. The predicted molar refractivity (Wildman–Crippen MR) is 84.2 cm³/mol. The summed E-state index contributed by atoms with van der Waals surface area (Å²) in [6, 6.07) is 14.9. The molecule has 0 aliphatic carbocycles. The average molecular weight is 303 g/mol. The highest BCUT2D eigenvalue weighted by Crippen LogP contribution is 2.33. The van der Waals surface area contributed by atoms with Crippen LogP contribution < -0.4 is 0 Å². The molecular formula is C17H16ClFN2. The fourth-order valence-corrected chi connectivity index (χ4v) is 2.89. The number of hydrogen-bond acceptors (Lipinski definition) is 1. The van der Waals surface area contributed by atoms with Gasteiger partial charge in [0.05, 0.1) is 5.52 Å². The number of benzene rings is 2. The minimum Gasteiger partial charge on any atom is -0.324 e. The first-order valence-electron chi connectivity index (χ1n) is 6.95. The lowest BCUT2D eigenvalue weighted by Gasteiger charge is -2.16. The number of para-hydroxylation sites is 1. The first-order chi connectivity index (χ1) is 10.1. The normalized spacial score (nSPS) is 13.0. The highest BCUT2D eigenvalue weighted by molar-refractivity contribution is 6.22. The van der Waals surface area contributed by atoms with Gasteiger partial charge in [-0.1, -0.05) is 36.4 Å². The van der Waals surface area contributed by atoms with Gasteiger partial charge in [-0.2, -0.15) is 0 Å². The number of alkyl halides is 1. The summed E-state index contributed by atoms with van der Waals surface area (Å²) >= 11 is 6.60. The molecule has 0 aliphatic rings. The molecule has 4 heteroatoms. The molecule has 0 saturated heterocycles. The molecule has 1 unspecified atom stereocenters. The van der Waals surface area contributed by atoms with Crippen LogP contribution in [0.4, 0.5) is 4.39 Å². The Labute approximate surface area is 128 Å². The standard InChI is InChI=1S/C17H16ClFN2/c1-11(2)21-14-10-6-9-13(19)16(14)20-17(21)15(18)12-7-4-3-5-8-12/h3-11,15H,1-2H3. The van der Waals surface area contributed by atoms with Gasteiger partial charge >= 0.3 is 0 Å². The minimum absolute atomic E-state index is 0.150. The van der Waals surface area contributed by atoms with E-state index in [1.165, 1.54) is 6.07 Å². The fraction of sp³-hybridized carbons (Fsp3) is 0.235. The zero-order chi connectivity index (χ0) is 15.0. The van der Waals surface area contributed by atoms with Crippen LogP contribution >= 0.6 is 11.6 Å². The molecule has 0 radical (unpaired) electrons. The Morgan fingerprint density at radius 2 is 1.76 bits per heavy atom. The molecular weight excluding hydrogens is 287 g/mol. The summed E-state index contributed by atoms with van der Waals surface area (Å²) in [5.41, 5.74) is 2.11. The molecule has 3 rings (SSSR count). The van der Waals surface area contributed by atoms with Gasteiger partial charge in [0.1, 0.15) is 16.7 Å². The van der Waals surface area contributed by atoms with E-state index in [-0.39, 0.29) is 11.9 Å². The highest BCUT2D eigenvalue weighted by atomic mass is 35.5.